The van der Waals surface area contributed by atoms with Gasteiger partial charge in [0, 0.05) is 22.8 Å². The third kappa shape index (κ3) is 5.19. The van der Waals surface area contributed by atoms with E-state index in [1.165, 1.54) is 5.56 Å². The van der Waals surface area contributed by atoms with Crippen molar-refractivity contribution in [3.05, 3.63) is 64.5 Å². The van der Waals surface area contributed by atoms with E-state index in [-0.39, 0.29) is 11.8 Å². The lowest BCUT2D eigenvalue weighted by Crippen LogP contribution is -2.40. The quantitative estimate of drug-likeness (QED) is 0.521. The summed E-state index contributed by atoms with van der Waals surface area (Å²) >= 11 is 6.07. The number of amides is 1. The van der Waals surface area contributed by atoms with Crippen LogP contribution in [0.5, 0.6) is 0 Å². The van der Waals surface area contributed by atoms with Crippen LogP contribution in [0.15, 0.2) is 47.0 Å². The number of anilines is 1. The number of carbonyl (C=O) groups is 1. The number of aryl methyl sites for hydroxylation is 1. The van der Waals surface area contributed by atoms with Crippen LogP contribution in [-0.2, 0) is 11.3 Å². The monoisotopic (exact) mass is 452 g/mol. The number of hydrogen-bond acceptors (Lipinski definition) is 5. The fraction of sp³-hybridized carbons (Fsp3) is 0.400. The van der Waals surface area contributed by atoms with Gasteiger partial charge < -0.3 is 9.84 Å². The number of para-hydroxylation sites is 1. The molecular formula is C25H29ClN4O2. The molecule has 2 heterocycles. The van der Waals surface area contributed by atoms with Crippen molar-refractivity contribution in [1.29, 1.82) is 0 Å². The van der Waals surface area contributed by atoms with Gasteiger partial charge in [-0.1, -0.05) is 60.9 Å². The molecule has 1 N–H and O–H groups in total. The standard InChI is InChI=1S/C25H29ClN4O2/c1-16(2)21-11-4-7-17(3)23(21)28-25(31)19-9-6-12-30(14-19)15-22-27-24(29-32-22)18-8-5-10-20(26)13-18/h4-5,7-8,10-11,13,16,19H,6,9,12,14-15H2,1-3H3,(H,28,31). The molecule has 32 heavy (non-hydrogen) atoms. The third-order valence-corrected chi connectivity index (χ3v) is 6.20. The van der Waals surface area contributed by atoms with Gasteiger partial charge in [0.2, 0.25) is 17.6 Å². The topological polar surface area (TPSA) is 71.3 Å². The maximum atomic E-state index is 13.1. The van der Waals surface area contributed by atoms with E-state index in [9.17, 15) is 4.79 Å². The number of likely N-dealkylation sites (tertiary alicyclic amines) is 1. The van der Waals surface area contributed by atoms with E-state index in [1.54, 1.807) is 0 Å². The smallest absolute Gasteiger partial charge is 0.241 e. The molecule has 0 saturated carbocycles. The molecule has 1 aromatic heterocycles. The number of benzene rings is 2. The van der Waals surface area contributed by atoms with Gasteiger partial charge in [-0.3, -0.25) is 9.69 Å². The predicted molar refractivity (Wildman–Crippen MR) is 127 cm³/mol. The molecule has 1 fully saturated rings. The second-order valence-corrected chi connectivity index (χ2v) is 9.22. The van der Waals surface area contributed by atoms with Gasteiger partial charge in [0.05, 0.1) is 12.5 Å². The van der Waals surface area contributed by atoms with Crippen molar-refractivity contribution in [1.82, 2.24) is 15.0 Å². The second kappa shape index (κ2) is 9.84. The summed E-state index contributed by atoms with van der Waals surface area (Å²) in [6.45, 7) is 8.44. The predicted octanol–water partition coefficient (Wildman–Crippen LogP) is 5.67. The summed E-state index contributed by atoms with van der Waals surface area (Å²) < 4.78 is 5.46. The first-order chi connectivity index (χ1) is 15.4. The van der Waals surface area contributed by atoms with Gasteiger partial charge in [0.15, 0.2) is 0 Å². The van der Waals surface area contributed by atoms with E-state index in [4.69, 9.17) is 16.1 Å². The minimum atomic E-state index is -0.0707. The molecule has 0 spiro atoms. The maximum absolute atomic E-state index is 13.1. The van der Waals surface area contributed by atoms with Crippen LogP contribution < -0.4 is 5.32 Å². The lowest BCUT2D eigenvalue weighted by atomic mass is 9.95. The lowest BCUT2D eigenvalue weighted by molar-refractivity contribution is -0.121. The van der Waals surface area contributed by atoms with Gasteiger partial charge in [-0.2, -0.15) is 4.98 Å². The summed E-state index contributed by atoms with van der Waals surface area (Å²) in [5.74, 6) is 1.42. The minimum Gasteiger partial charge on any atom is -0.338 e. The van der Waals surface area contributed by atoms with E-state index < -0.39 is 0 Å². The van der Waals surface area contributed by atoms with Gasteiger partial charge in [-0.25, -0.2) is 0 Å². The highest BCUT2D eigenvalue weighted by Gasteiger charge is 2.28. The number of halogens is 1. The third-order valence-electron chi connectivity index (χ3n) is 5.96. The molecule has 4 rings (SSSR count). The highest BCUT2D eigenvalue weighted by Crippen LogP contribution is 2.29. The summed E-state index contributed by atoms with van der Waals surface area (Å²) in [7, 11) is 0. The molecule has 0 aliphatic carbocycles. The zero-order valence-corrected chi connectivity index (χ0v) is 19.5. The van der Waals surface area contributed by atoms with Crippen LogP contribution in [-0.4, -0.2) is 34.0 Å². The van der Waals surface area contributed by atoms with Crippen molar-refractivity contribution in [2.24, 2.45) is 5.92 Å². The van der Waals surface area contributed by atoms with Crippen molar-refractivity contribution >= 4 is 23.2 Å². The van der Waals surface area contributed by atoms with Gasteiger partial charge in [0.1, 0.15) is 0 Å². The fourth-order valence-electron chi connectivity index (χ4n) is 4.24. The Morgan fingerprint density at radius 3 is 2.88 bits per heavy atom. The van der Waals surface area contributed by atoms with Crippen molar-refractivity contribution < 1.29 is 9.32 Å². The Hall–Kier alpha value is -2.70. The molecule has 1 amide bonds. The Morgan fingerprint density at radius 2 is 2.09 bits per heavy atom. The van der Waals surface area contributed by atoms with E-state index >= 15 is 0 Å². The van der Waals surface area contributed by atoms with E-state index in [0.29, 0.717) is 35.7 Å². The number of nitrogens with one attached hydrogen (secondary N) is 1. The fourth-order valence-corrected chi connectivity index (χ4v) is 4.43. The molecule has 7 heteroatoms. The number of carbonyl (C=O) groups excluding carboxylic acids is 1. The van der Waals surface area contributed by atoms with Crippen LogP contribution in [0.1, 0.15) is 49.6 Å². The molecule has 1 saturated heterocycles. The highest BCUT2D eigenvalue weighted by molar-refractivity contribution is 6.30. The average Bonchev–Trinajstić information content (AvgIpc) is 3.23. The Labute approximate surface area is 194 Å². The first-order valence-corrected chi connectivity index (χ1v) is 11.5. The summed E-state index contributed by atoms with van der Waals surface area (Å²) in [5, 5.41) is 7.94. The van der Waals surface area contributed by atoms with Crippen molar-refractivity contribution in [2.45, 2.75) is 46.1 Å². The SMILES string of the molecule is Cc1cccc(C(C)C)c1NC(=O)C1CCCN(Cc2nc(-c3cccc(Cl)c3)no2)C1. The Bertz CT molecular complexity index is 1100. The number of rotatable bonds is 6. The van der Waals surface area contributed by atoms with Crippen molar-refractivity contribution in [2.75, 3.05) is 18.4 Å². The van der Waals surface area contributed by atoms with Crippen LogP contribution in [0.2, 0.25) is 5.02 Å². The van der Waals surface area contributed by atoms with Gasteiger partial charge in [0.25, 0.3) is 0 Å². The van der Waals surface area contributed by atoms with Crippen LogP contribution >= 0.6 is 11.6 Å². The molecule has 1 aliphatic heterocycles. The number of aromatic nitrogens is 2. The first kappa shape index (κ1) is 22.5. The zero-order valence-electron chi connectivity index (χ0n) is 18.8. The molecule has 1 unspecified atom stereocenters. The molecule has 6 nitrogen and oxygen atoms in total. The molecule has 0 bridgehead atoms. The van der Waals surface area contributed by atoms with Crippen LogP contribution in [0.3, 0.4) is 0 Å². The summed E-state index contributed by atoms with van der Waals surface area (Å²) in [5.41, 5.74) is 4.04. The minimum absolute atomic E-state index is 0.0707. The molecule has 168 valence electrons. The Morgan fingerprint density at radius 1 is 1.28 bits per heavy atom. The molecule has 3 aromatic rings. The van der Waals surface area contributed by atoms with Gasteiger partial charge >= 0.3 is 0 Å². The molecule has 1 atom stereocenters. The Balaban J connectivity index is 1.41. The summed E-state index contributed by atoms with van der Waals surface area (Å²) in [6.07, 6.45) is 1.83. The number of nitrogens with zero attached hydrogens (tertiary/aromatic N) is 3. The molecule has 0 radical (unpaired) electrons. The Kier molecular flexibility index (Phi) is 6.92. The molecular weight excluding hydrogens is 424 g/mol. The van der Waals surface area contributed by atoms with Crippen LogP contribution in [0, 0.1) is 12.8 Å². The normalized spacial score (nSPS) is 17.0. The number of hydrogen-bond donors (Lipinski definition) is 1. The zero-order chi connectivity index (χ0) is 22.7. The largest absolute Gasteiger partial charge is 0.338 e. The first-order valence-electron chi connectivity index (χ1n) is 11.1. The lowest BCUT2D eigenvalue weighted by Gasteiger charge is -2.31. The van der Waals surface area contributed by atoms with Crippen molar-refractivity contribution in [3.8, 4) is 11.4 Å². The molecule has 1 aliphatic rings. The van der Waals surface area contributed by atoms with Crippen molar-refractivity contribution in [3.63, 3.8) is 0 Å². The second-order valence-electron chi connectivity index (χ2n) is 8.78. The van der Waals surface area contributed by atoms with Gasteiger partial charge in [-0.15, -0.1) is 0 Å². The highest BCUT2D eigenvalue weighted by atomic mass is 35.5. The number of piperidine rings is 1. The van der Waals surface area contributed by atoms with E-state index in [0.717, 1.165) is 36.2 Å². The van der Waals surface area contributed by atoms with E-state index in [1.807, 2.05) is 43.3 Å². The summed E-state index contributed by atoms with van der Waals surface area (Å²) in [4.78, 5) is 19.8. The van der Waals surface area contributed by atoms with Gasteiger partial charge in [-0.05, 0) is 55.5 Å². The summed E-state index contributed by atoms with van der Waals surface area (Å²) in [6, 6.07) is 13.6. The average molecular weight is 453 g/mol. The maximum Gasteiger partial charge on any atom is 0.241 e. The van der Waals surface area contributed by atoms with Crippen LogP contribution in [0.25, 0.3) is 11.4 Å². The molecule has 2 aromatic carbocycles. The van der Waals surface area contributed by atoms with Crippen LogP contribution in [0.4, 0.5) is 5.69 Å². The van der Waals surface area contributed by atoms with E-state index in [2.05, 4.69) is 40.3 Å².